The molecule has 0 bridgehead atoms. The van der Waals surface area contributed by atoms with Crippen LogP contribution in [0, 0.1) is 0 Å². The summed E-state index contributed by atoms with van der Waals surface area (Å²) in [7, 11) is 0. The summed E-state index contributed by atoms with van der Waals surface area (Å²) in [4.78, 5) is 16.8. The van der Waals surface area contributed by atoms with E-state index in [1.54, 1.807) is 18.2 Å². The van der Waals surface area contributed by atoms with Gasteiger partial charge in [-0.2, -0.15) is 0 Å². The highest BCUT2D eigenvalue weighted by atomic mass is 16.5. The fourth-order valence-electron chi connectivity index (χ4n) is 6.46. The summed E-state index contributed by atoms with van der Waals surface area (Å²) in [5.41, 5.74) is 0.399. The van der Waals surface area contributed by atoms with E-state index in [-0.39, 0.29) is 24.6 Å². The third-order valence-corrected chi connectivity index (χ3v) is 9.13. The molecule has 0 saturated carbocycles. The molecule has 242 valence electrons. The zero-order valence-corrected chi connectivity index (χ0v) is 26.1. The van der Waals surface area contributed by atoms with E-state index in [0.717, 1.165) is 11.1 Å². The zero-order valence-electron chi connectivity index (χ0n) is 26.1. The first-order chi connectivity index (χ1) is 21.6. The number of benzene rings is 3. The summed E-state index contributed by atoms with van der Waals surface area (Å²) in [5.74, 6) is 0.403. The van der Waals surface area contributed by atoms with E-state index in [2.05, 4.69) is 9.80 Å². The van der Waals surface area contributed by atoms with Crippen LogP contribution in [0.15, 0.2) is 78.9 Å². The van der Waals surface area contributed by atoms with Crippen molar-refractivity contribution >= 4 is 5.78 Å². The molecule has 45 heavy (non-hydrogen) atoms. The van der Waals surface area contributed by atoms with Crippen LogP contribution in [-0.4, -0.2) is 101 Å². The number of aliphatic hydroxyl groups is 4. The van der Waals surface area contributed by atoms with Crippen LogP contribution in [0.1, 0.15) is 54.1 Å². The summed E-state index contributed by atoms with van der Waals surface area (Å²) in [5, 5.41) is 43.7. The Labute approximate surface area is 265 Å². The van der Waals surface area contributed by atoms with Crippen LogP contribution in [0.25, 0.3) is 0 Å². The number of likely N-dealkylation sites (tertiary alicyclic amines) is 2. The maximum absolute atomic E-state index is 12.6. The molecular weight excluding hydrogens is 572 g/mol. The second-order valence-electron chi connectivity index (χ2n) is 12.5. The molecule has 2 atom stereocenters. The van der Waals surface area contributed by atoms with Crippen LogP contribution in [0.5, 0.6) is 11.5 Å². The van der Waals surface area contributed by atoms with E-state index in [4.69, 9.17) is 9.47 Å². The van der Waals surface area contributed by atoms with E-state index in [1.807, 2.05) is 60.7 Å². The van der Waals surface area contributed by atoms with Crippen molar-refractivity contribution in [3.8, 4) is 11.5 Å². The Balaban J connectivity index is 1.08. The van der Waals surface area contributed by atoms with Gasteiger partial charge in [-0.3, -0.25) is 4.79 Å². The first-order valence-corrected chi connectivity index (χ1v) is 15.9. The highest BCUT2D eigenvalue weighted by Gasteiger charge is 2.35. The van der Waals surface area contributed by atoms with Gasteiger partial charge in [0.1, 0.15) is 42.5 Å². The minimum absolute atomic E-state index is 0.00387. The molecule has 2 aliphatic rings. The third kappa shape index (κ3) is 8.49. The molecule has 2 saturated heterocycles. The standard InChI is InChI=1S/C36H46N2O7/c1-27(39)34-32(44-25-30(40)23-37-19-15-35(42,16-20-37)28-9-4-2-5-10-28)13-8-14-33(34)45-26-31(41)24-38-21-17-36(43,18-22-38)29-11-6-3-7-12-29/h2-14,30-31,40-43H,15-26H2,1H3. The third-order valence-electron chi connectivity index (χ3n) is 9.13. The van der Waals surface area contributed by atoms with Gasteiger partial charge >= 0.3 is 0 Å². The zero-order chi connectivity index (χ0) is 31.9. The van der Waals surface area contributed by atoms with Crippen molar-refractivity contribution in [1.82, 2.24) is 9.80 Å². The topological polar surface area (TPSA) is 123 Å². The number of carbonyl (C=O) groups is 1. The van der Waals surface area contributed by atoms with Crippen molar-refractivity contribution in [3.05, 3.63) is 95.6 Å². The Morgan fingerprint density at radius 1 is 0.667 bits per heavy atom. The van der Waals surface area contributed by atoms with Crippen molar-refractivity contribution < 1.29 is 34.7 Å². The Kier molecular flexibility index (Phi) is 10.9. The summed E-state index contributed by atoms with van der Waals surface area (Å²) < 4.78 is 11.8. The van der Waals surface area contributed by atoms with Crippen LogP contribution in [0.3, 0.4) is 0 Å². The Hall–Kier alpha value is -3.31. The molecule has 2 aliphatic heterocycles. The number of β-amino-alcohol motifs (C(OH)–C–C–N with tert-alkyl or cyclic N) is 2. The molecule has 9 nitrogen and oxygen atoms in total. The van der Waals surface area contributed by atoms with Gasteiger partial charge < -0.3 is 39.7 Å². The van der Waals surface area contributed by atoms with Crippen LogP contribution >= 0.6 is 0 Å². The summed E-state index contributed by atoms with van der Waals surface area (Å²) >= 11 is 0. The lowest BCUT2D eigenvalue weighted by molar-refractivity contribution is -0.0373. The van der Waals surface area contributed by atoms with Gasteiger partial charge in [0, 0.05) is 39.3 Å². The molecule has 2 fully saturated rings. The van der Waals surface area contributed by atoms with E-state index < -0.39 is 23.4 Å². The van der Waals surface area contributed by atoms with E-state index in [1.165, 1.54) is 6.92 Å². The molecule has 0 aromatic heterocycles. The van der Waals surface area contributed by atoms with Gasteiger partial charge in [0.05, 0.1) is 11.2 Å². The van der Waals surface area contributed by atoms with Crippen molar-refractivity contribution in [2.75, 3.05) is 52.5 Å². The predicted octanol–water partition coefficient (Wildman–Crippen LogP) is 3.34. The van der Waals surface area contributed by atoms with Crippen molar-refractivity contribution in [2.45, 2.75) is 56.0 Å². The van der Waals surface area contributed by atoms with Crippen LogP contribution in [-0.2, 0) is 11.2 Å². The smallest absolute Gasteiger partial charge is 0.167 e. The van der Waals surface area contributed by atoms with Crippen LogP contribution in [0.2, 0.25) is 0 Å². The van der Waals surface area contributed by atoms with Crippen LogP contribution in [0.4, 0.5) is 0 Å². The van der Waals surface area contributed by atoms with Gasteiger partial charge in [0.25, 0.3) is 0 Å². The van der Waals surface area contributed by atoms with Crippen LogP contribution < -0.4 is 9.47 Å². The lowest BCUT2D eigenvalue weighted by Gasteiger charge is -2.39. The first kappa shape index (κ1) is 33.1. The maximum atomic E-state index is 12.6. The number of nitrogens with zero attached hydrogens (tertiary/aromatic N) is 2. The molecule has 0 aliphatic carbocycles. The molecule has 0 radical (unpaired) electrons. The Bertz CT molecular complexity index is 1270. The quantitative estimate of drug-likeness (QED) is 0.214. The van der Waals surface area contributed by atoms with E-state index in [0.29, 0.717) is 76.5 Å². The second-order valence-corrected chi connectivity index (χ2v) is 12.5. The maximum Gasteiger partial charge on any atom is 0.167 e. The minimum Gasteiger partial charge on any atom is -0.490 e. The van der Waals surface area contributed by atoms with Gasteiger partial charge in [0.15, 0.2) is 5.78 Å². The molecule has 5 rings (SSSR count). The fourth-order valence-corrected chi connectivity index (χ4v) is 6.46. The molecular formula is C36H46N2O7. The number of piperidine rings is 2. The predicted molar refractivity (Wildman–Crippen MR) is 171 cm³/mol. The minimum atomic E-state index is -0.856. The number of ketones is 1. The fraction of sp³-hybridized carbons (Fsp3) is 0.472. The largest absolute Gasteiger partial charge is 0.490 e. The number of rotatable bonds is 13. The van der Waals surface area contributed by atoms with Crippen molar-refractivity contribution in [3.63, 3.8) is 0 Å². The monoisotopic (exact) mass is 618 g/mol. The number of Topliss-reactive ketones (excluding diaryl/α,β-unsaturated/α-hetero) is 1. The highest BCUT2D eigenvalue weighted by molar-refractivity contribution is 5.99. The number of carbonyl (C=O) groups excluding carboxylic acids is 1. The number of aliphatic hydroxyl groups excluding tert-OH is 2. The van der Waals surface area contributed by atoms with Crippen molar-refractivity contribution in [2.24, 2.45) is 0 Å². The highest BCUT2D eigenvalue weighted by Crippen LogP contribution is 2.34. The number of hydrogen-bond donors (Lipinski definition) is 4. The second kappa shape index (κ2) is 14.9. The van der Waals surface area contributed by atoms with Gasteiger partial charge in [0.2, 0.25) is 0 Å². The summed E-state index contributed by atoms with van der Waals surface area (Å²) in [6.45, 7) is 4.81. The number of ether oxygens (including phenoxy) is 2. The van der Waals surface area contributed by atoms with Crippen molar-refractivity contribution in [1.29, 1.82) is 0 Å². The number of hydrogen-bond acceptors (Lipinski definition) is 9. The molecule has 3 aromatic rings. The van der Waals surface area contributed by atoms with Gasteiger partial charge in [-0.15, -0.1) is 0 Å². The van der Waals surface area contributed by atoms with Gasteiger partial charge in [-0.1, -0.05) is 66.7 Å². The molecule has 0 amide bonds. The molecule has 3 aromatic carbocycles. The molecule has 2 heterocycles. The van der Waals surface area contributed by atoms with Gasteiger partial charge in [-0.25, -0.2) is 0 Å². The summed E-state index contributed by atoms with van der Waals surface area (Å²) in [6, 6.07) is 24.5. The Morgan fingerprint density at radius 2 is 1.04 bits per heavy atom. The molecule has 4 N–H and O–H groups in total. The lowest BCUT2D eigenvalue weighted by Crippen LogP contribution is -2.46. The molecule has 9 heteroatoms. The average Bonchev–Trinajstić information content (AvgIpc) is 3.06. The molecule has 0 spiro atoms. The normalized spacial score (nSPS) is 19.8. The van der Waals surface area contributed by atoms with E-state index in [9.17, 15) is 25.2 Å². The Morgan fingerprint density at radius 3 is 1.40 bits per heavy atom. The average molecular weight is 619 g/mol. The first-order valence-electron chi connectivity index (χ1n) is 15.9. The van der Waals surface area contributed by atoms with E-state index >= 15 is 0 Å². The molecule has 2 unspecified atom stereocenters. The summed E-state index contributed by atoms with van der Waals surface area (Å²) in [6.07, 6.45) is 0.748. The SMILES string of the molecule is CC(=O)c1c(OCC(O)CN2CCC(O)(c3ccccc3)CC2)cccc1OCC(O)CN1CCC(O)(c2ccccc2)CC1. The van der Waals surface area contributed by atoms with Gasteiger partial charge in [-0.05, 0) is 55.9 Å². The lowest BCUT2D eigenvalue weighted by atomic mass is 9.84.